The first kappa shape index (κ1) is 17.3. The Kier molecular flexibility index (Phi) is 5.07. The van der Waals surface area contributed by atoms with Crippen LogP contribution in [0.5, 0.6) is 5.75 Å². The van der Waals surface area contributed by atoms with E-state index in [1.54, 1.807) is 19.2 Å². The summed E-state index contributed by atoms with van der Waals surface area (Å²) in [7, 11) is 1.57. The van der Waals surface area contributed by atoms with E-state index in [1.807, 2.05) is 18.2 Å². The summed E-state index contributed by atoms with van der Waals surface area (Å²) in [4.78, 5) is 16.3. The number of carbonyl (C=O) groups excluding carboxylic acids is 1. The molecule has 0 aliphatic carbocycles. The van der Waals surface area contributed by atoms with Gasteiger partial charge in [-0.1, -0.05) is 6.07 Å². The minimum absolute atomic E-state index is 0.0848. The van der Waals surface area contributed by atoms with Gasteiger partial charge in [0.15, 0.2) is 0 Å². The van der Waals surface area contributed by atoms with Crippen LogP contribution in [-0.4, -0.2) is 18.0 Å². The molecule has 7 heteroatoms. The van der Waals surface area contributed by atoms with Gasteiger partial charge in [-0.3, -0.25) is 9.78 Å². The predicted molar refractivity (Wildman–Crippen MR) is 94.8 cm³/mol. The lowest BCUT2D eigenvalue weighted by molar-refractivity contribution is 0.102. The van der Waals surface area contributed by atoms with Crippen molar-refractivity contribution >= 4 is 23.0 Å². The first-order chi connectivity index (χ1) is 12.5. The van der Waals surface area contributed by atoms with Gasteiger partial charge >= 0.3 is 0 Å². The standard InChI is InChI=1S/C19H15F2N3O2/c1-26-15-4-2-3-13(10-15)23-14-7-8-22-18(11-14)19(25)24-17-6-5-12(20)9-16(17)21/h2-11H,1H3,(H,22,23)(H,24,25). The second-order valence-electron chi connectivity index (χ2n) is 5.37. The number of nitrogens with one attached hydrogen (secondary N) is 2. The second-order valence-corrected chi connectivity index (χ2v) is 5.37. The molecule has 1 amide bonds. The third-order valence-electron chi connectivity index (χ3n) is 3.53. The zero-order chi connectivity index (χ0) is 18.5. The van der Waals surface area contributed by atoms with Gasteiger partial charge in [-0.15, -0.1) is 0 Å². The average molecular weight is 355 g/mol. The number of rotatable bonds is 5. The Morgan fingerprint density at radius 1 is 1.04 bits per heavy atom. The summed E-state index contributed by atoms with van der Waals surface area (Å²) < 4.78 is 31.8. The largest absolute Gasteiger partial charge is 0.497 e. The Morgan fingerprint density at radius 2 is 1.85 bits per heavy atom. The minimum Gasteiger partial charge on any atom is -0.497 e. The van der Waals surface area contributed by atoms with Crippen LogP contribution in [0.2, 0.25) is 0 Å². The van der Waals surface area contributed by atoms with E-state index in [2.05, 4.69) is 15.6 Å². The fourth-order valence-electron chi connectivity index (χ4n) is 2.28. The Hall–Kier alpha value is -3.48. The van der Waals surface area contributed by atoms with Gasteiger partial charge in [0.2, 0.25) is 0 Å². The van der Waals surface area contributed by atoms with Crippen molar-refractivity contribution in [1.82, 2.24) is 4.98 Å². The molecule has 2 N–H and O–H groups in total. The summed E-state index contributed by atoms with van der Waals surface area (Å²) in [6.07, 6.45) is 1.46. The van der Waals surface area contributed by atoms with Crippen LogP contribution in [0.15, 0.2) is 60.8 Å². The van der Waals surface area contributed by atoms with Crippen LogP contribution >= 0.6 is 0 Å². The van der Waals surface area contributed by atoms with Gasteiger partial charge in [0.1, 0.15) is 23.1 Å². The Bertz CT molecular complexity index is 948. The summed E-state index contributed by atoms with van der Waals surface area (Å²) in [5.41, 5.74) is 1.36. The molecule has 0 spiro atoms. The highest BCUT2D eigenvalue weighted by Crippen LogP contribution is 2.22. The number of pyridine rings is 1. The fourth-order valence-corrected chi connectivity index (χ4v) is 2.28. The number of ether oxygens (including phenoxy) is 1. The smallest absolute Gasteiger partial charge is 0.274 e. The van der Waals surface area contributed by atoms with Crippen LogP contribution in [0, 0.1) is 11.6 Å². The van der Waals surface area contributed by atoms with Gasteiger partial charge in [-0.25, -0.2) is 8.78 Å². The number of aromatic nitrogens is 1. The molecule has 0 saturated heterocycles. The molecule has 132 valence electrons. The number of anilines is 3. The second kappa shape index (κ2) is 7.60. The van der Waals surface area contributed by atoms with E-state index in [0.717, 1.165) is 17.8 Å². The van der Waals surface area contributed by atoms with Crippen molar-refractivity contribution in [2.24, 2.45) is 0 Å². The third kappa shape index (κ3) is 4.13. The number of carbonyl (C=O) groups is 1. The number of hydrogen-bond acceptors (Lipinski definition) is 4. The predicted octanol–water partition coefficient (Wildman–Crippen LogP) is 4.36. The normalized spacial score (nSPS) is 10.3. The van der Waals surface area contributed by atoms with Crippen molar-refractivity contribution in [3.63, 3.8) is 0 Å². The molecular formula is C19H15F2N3O2. The number of benzene rings is 2. The molecular weight excluding hydrogens is 340 g/mol. The van der Waals surface area contributed by atoms with Crippen LogP contribution in [0.25, 0.3) is 0 Å². The summed E-state index contributed by atoms with van der Waals surface area (Å²) in [6.45, 7) is 0. The van der Waals surface area contributed by atoms with Gasteiger partial charge in [0.05, 0.1) is 12.8 Å². The summed E-state index contributed by atoms with van der Waals surface area (Å²) >= 11 is 0. The monoisotopic (exact) mass is 355 g/mol. The van der Waals surface area contributed by atoms with Crippen molar-refractivity contribution in [1.29, 1.82) is 0 Å². The highest BCUT2D eigenvalue weighted by atomic mass is 19.1. The molecule has 0 unspecified atom stereocenters. The van der Waals surface area contributed by atoms with E-state index in [9.17, 15) is 13.6 Å². The number of hydrogen-bond donors (Lipinski definition) is 2. The number of nitrogens with zero attached hydrogens (tertiary/aromatic N) is 1. The first-order valence-electron chi connectivity index (χ1n) is 7.69. The molecule has 5 nitrogen and oxygen atoms in total. The van der Waals surface area contributed by atoms with Gasteiger partial charge < -0.3 is 15.4 Å². The average Bonchev–Trinajstić information content (AvgIpc) is 2.64. The molecule has 1 aromatic heterocycles. The summed E-state index contributed by atoms with van der Waals surface area (Å²) in [5, 5.41) is 5.51. The molecule has 0 aliphatic rings. The Labute approximate surface area is 148 Å². The number of amides is 1. The van der Waals surface area contributed by atoms with Crippen LogP contribution in [0.4, 0.5) is 25.8 Å². The van der Waals surface area contributed by atoms with Crippen molar-refractivity contribution in [2.45, 2.75) is 0 Å². The summed E-state index contributed by atoms with van der Waals surface area (Å²) in [5.74, 6) is -1.49. The van der Waals surface area contributed by atoms with Crippen molar-refractivity contribution < 1.29 is 18.3 Å². The SMILES string of the molecule is COc1cccc(Nc2ccnc(C(=O)Nc3ccc(F)cc3F)c2)c1. The van der Waals surface area contributed by atoms with E-state index in [1.165, 1.54) is 12.3 Å². The molecule has 0 radical (unpaired) electrons. The van der Waals surface area contributed by atoms with Gasteiger partial charge in [-0.2, -0.15) is 0 Å². The van der Waals surface area contributed by atoms with E-state index in [4.69, 9.17) is 4.74 Å². The Balaban J connectivity index is 1.76. The van der Waals surface area contributed by atoms with Crippen molar-refractivity contribution in [3.8, 4) is 5.75 Å². The van der Waals surface area contributed by atoms with Gasteiger partial charge in [0, 0.05) is 29.7 Å². The molecule has 26 heavy (non-hydrogen) atoms. The van der Waals surface area contributed by atoms with Gasteiger partial charge in [0.25, 0.3) is 5.91 Å². The van der Waals surface area contributed by atoms with Crippen LogP contribution in [0.1, 0.15) is 10.5 Å². The molecule has 2 aromatic carbocycles. The van der Waals surface area contributed by atoms with E-state index in [-0.39, 0.29) is 11.4 Å². The lowest BCUT2D eigenvalue weighted by Crippen LogP contribution is -2.15. The molecule has 3 rings (SSSR count). The molecule has 1 heterocycles. The topological polar surface area (TPSA) is 63.2 Å². The summed E-state index contributed by atoms with van der Waals surface area (Å²) in [6, 6.07) is 13.4. The minimum atomic E-state index is -0.857. The van der Waals surface area contributed by atoms with E-state index < -0.39 is 17.5 Å². The zero-order valence-corrected chi connectivity index (χ0v) is 13.8. The molecule has 0 aliphatic heterocycles. The fraction of sp³-hybridized carbons (Fsp3) is 0.0526. The Morgan fingerprint density at radius 3 is 2.62 bits per heavy atom. The number of halogens is 2. The maximum absolute atomic E-state index is 13.7. The molecule has 0 atom stereocenters. The maximum Gasteiger partial charge on any atom is 0.274 e. The van der Waals surface area contributed by atoms with Crippen LogP contribution < -0.4 is 15.4 Å². The van der Waals surface area contributed by atoms with E-state index >= 15 is 0 Å². The highest BCUT2D eigenvalue weighted by Gasteiger charge is 2.12. The zero-order valence-electron chi connectivity index (χ0n) is 13.8. The lowest BCUT2D eigenvalue weighted by Gasteiger charge is -2.10. The van der Waals surface area contributed by atoms with Gasteiger partial charge in [-0.05, 0) is 36.4 Å². The van der Waals surface area contributed by atoms with Crippen LogP contribution in [0.3, 0.4) is 0 Å². The van der Waals surface area contributed by atoms with Crippen molar-refractivity contribution in [3.05, 3.63) is 78.1 Å². The molecule has 0 saturated carbocycles. The molecule has 0 bridgehead atoms. The molecule has 3 aromatic rings. The quantitative estimate of drug-likeness (QED) is 0.714. The first-order valence-corrected chi connectivity index (χ1v) is 7.69. The van der Waals surface area contributed by atoms with E-state index in [0.29, 0.717) is 17.5 Å². The highest BCUT2D eigenvalue weighted by molar-refractivity contribution is 6.03. The lowest BCUT2D eigenvalue weighted by atomic mass is 10.2. The third-order valence-corrected chi connectivity index (χ3v) is 3.53. The number of methoxy groups -OCH3 is 1. The van der Waals surface area contributed by atoms with Crippen LogP contribution in [-0.2, 0) is 0 Å². The molecule has 0 fully saturated rings. The maximum atomic E-state index is 13.7. The van der Waals surface area contributed by atoms with Crippen molar-refractivity contribution in [2.75, 3.05) is 17.7 Å².